The molecule has 0 saturated heterocycles. The van der Waals surface area contributed by atoms with Crippen molar-refractivity contribution in [1.82, 2.24) is 4.72 Å². The van der Waals surface area contributed by atoms with Crippen molar-refractivity contribution < 1.29 is 13.3 Å². The minimum atomic E-state index is -3.86. The quantitative estimate of drug-likeness (QED) is 0.331. The summed E-state index contributed by atoms with van der Waals surface area (Å²) in [5, 5.41) is 10.7. The van der Waals surface area contributed by atoms with Gasteiger partial charge in [-0.3, -0.25) is 10.1 Å². The van der Waals surface area contributed by atoms with Crippen LogP contribution in [0.4, 0.5) is 11.4 Å². The lowest BCUT2D eigenvalue weighted by Gasteiger charge is -2.15. The predicted molar refractivity (Wildman–Crippen MR) is 81.4 cm³/mol. The number of rotatable bonds is 8. The van der Waals surface area contributed by atoms with E-state index in [-0.39, 0.29) is 22.3 Å². The van der Waals surface area contributed by atoms with E-state index in [1.165, 1.54) is 12.1 Å². The number of nitrogens with one attached hydrogen (secondary N) is 1. The van der Waals surface area contributed by atoms with Gasteiger partial charge in [0.25, 0.3) is 5.69 Å². The summed E-state index contributed by atoms with van der Waals surface area (Å²) in [5.41, 5.74) is 5.32. The van der Waals surface area contributed by atoms with Gasteiger partial charge in [-0.1, -0.05) is 26.2 Å². The Morgan fingerprint density at radius 2 is 2.05 bits per heavy atom. The molecule has 0 aromatic heterocycles. The zero-order valence-corrected chi connectivity index (χ0v) is 13.0. The zero-order valence-electron chi connectivity index (χ0n) is 12.2. The van der Waals surface area contributed by atoms with E-state index in [1.807, 2.05) is 0 Å². The van der Waals surface area contributed by atoms with Crippen LogP contribution < -0.4 is 10.5 Å². The molecule has 1 atom stereocenters. The number of benzene rings is 1. The van der Waals surface area contributed by atoms with Gasteiger partial charge < -0.3 is 5.73 Å². The molecule has 118 valence electrons. The molecule has 0 radical (unpaired) electrons. The molecule has 7 nitrogen and oxygen atoms in total. The topological polar surface area (TPSA) is 115 Å². The average molecular weight is 315 g/mol. The Bertz CT molecular complexity index is 601. The predicted octanol–water partition coefficient (Wildman–Crippen LogP) is 2.42. The SMILES string of the molecule is CCCCCC(C)NS(=O)(=O)c1cc([N+](=O)[O-])ccc1N. The summed E-state index contributed by atoms with van der Waals surface area (Å²) in [6.07, 6.45) is 3.72. The smallest absolute Gasteiger partial charge is 0.270 e. The number of anilines is 1. The lowest BCUT2D eigenvalue weighted by Crippen LogP contribution is -2.33. The number of nitrogen functional groups attached to an aromatic ring is 1. The molecule has 1 rings (SSSR count). The second-order valence-corrected chi connectivity index (χ2v) is 6.68. The van der Waals surface area contributed by atoms with Gasteiger partial charge >= 0.3 is 0 Å². The van der Waals surface area contributed by atoms with E-state index in [0.717, 1.165) is 25.3 Å². The van der Waals surface area contributed by atoms with Gasteiger partial charge in [0.1, 0.15) is 4.90 Å². The molecule has 0 saturated carbocycles. The van der Waals surface area contributed by atoms with Crippen LogP contribution in [0.5, 0.6) is 0 Å². The Morgan fingerprint density at radius 3 is 2.62 bits per heavy atom. The van der Waals surface area contributed by atoms with E-state index in [9.17, 15) is 18.5 Å². The molecule has 0 bridgehead atoms. The van der Waals surface area contributed by atoms with Crippen LogP contribution in [0.3, 0.4) is 0 Å². The van der Waals surface area contributed by atoms with Gasteiger partial charge in [0, 0.05) is 18.2 Å². The van der Waals surface area contributed by atoms with Crippen molar-refractivity contribution in [1.29, 1.82) is 0 Å². The normalized spacial score (nSPS) is 13.0. The molecule has 0 aliphatic rings. The highest BCUT2D eigenvalue weighted by Crippen LogP contribution is 2.24. The van der Waals surface area contributed by atoms with Gasteiger partial charge in [0.05, 0.1) is 10.6 Å². The molecule has 1 aromatic rings. The maximum atomic E-state index is 12.3. The maximum Gasteiger partial charge on any atom is 0.270 e. The summed E-state index contributed by atoms with van der Waals surface area (Å²) in [4.78, 5) is 9.84. The number of sulfonamides is 1. The first-order valence-electron chi connectivity index (χ1n) is 6.84. The van der Waals surface area contributed by atoms with Crippen molar-refractivity contribution in [2.75, 3.05) is 5.73 Å². The van der Waals surface area contributed by atoms with Gasteiger partial charge in [-0.25, -0.2) is 13.1 Å². The van der Waals surface area contributed by atoms with Crippen LogP contribution in [0.1, 0.15) is 39.5 Å². The number of non-ortho nitro benzene ring substituents is 1. The Kier molecular flexibility index (Phi) is 6.10. The molecule has 0 aliphatic carbocycles. The Labute approximate surface area is 124 Å². The molecule has 21 heavy (non-hydrogen) atoms. The van der Waals surface area contributed by atoms with Crippen LogP contribution in [0.15, 0.2) is 23.1 Å². The summed E-state index contributed by atoms with van der Waals surface area (Å²) < 4.78 is 27.0. The summed E-state index contributed by atoms with van der Waals surface area (Å²) in [6.45, 7) is 3.83. The summed E-state index contributed by atoms with van der Waals surface area (Å²) in [5.74, 6) is 0. The number of unbranched alkanes of at least 4 members (excludes halogenated alkanes) is 2. The lowest BCUT2D eigenvalue weighted by molar-refractivity contribution is -0.385. The minimum absolute atomic E-state index is 0.00569. The molecule has 0 fully saturated rings. The van der Waals surface area contributed by atoms with Crippen LogP contribution in [-0.4, -0.2) is 19.4 Å². The second-order valence-electron chi connectivity index (χ2n) is 5.00. The van der Waals surface area contributed by atoms with Crippen molar-refractivity contribution in [2.24, 2.45) is 0 Å². The third-order valence-corrected chi connectivity index (χ3v) is 4.74. The number of hydrogen-bond donors (Lipinski definition) is 2. The molecule has 0 aliphatic heterocycles. The number of nitro groups is 1. The molecule has 8 heteroatoms. The van der Waals surface area contributed by atoms with Crippen LogP contribution >= 0.6 is 0 Å². The van der Waals surface area contributed by atoms with E-state index < -0.39 is 14.9 Å². The Balaban J connectivity index is 2.92. The zero-order chi connectivity index (χ0) is 16.0. The van der Waals surface area contributed by atoms with Crippen LogP contribution in [0.25, 0.3) is 0 Å². The van der Waals surface area contributed by atoms with Gasteiger partial charge in [0.15, 0.2) is 0 Å². The fraction of sp³-hybridized carbons (Fsp3) is 0.538. The summed E-state index contributed by atoms with van der Waals surface area (Å²) in [7, 11) is -3.86. The minimum Gasteiger partial charge on any atom is -0.398 e. The largest absolute Gasteiger partial charge is 0.398 e. The lowest BCUT2D eigenvalue weighted by atomic mass is 10.1. The maximum absolute atomic E-state index is 12.3. The number of nitro benzene ring substituents is 1. The van der Waals surface area contributed by atoms with E-state index in [1.54, 1.807) is 6.92 Å². The monoisotopic (exact) mass is 315 g/mol. The molecule has 0 heterocycles. The first-order valence-corrected chi connectivity index (χ1v) is 8.32. The number of nitrogens with two attached hydrogens (primary N) is 1. The first-order chi connectivity index (χ1) is 9.77. The van der Waals surface area contributed by atoms with Crippen molar-refractivity contribution in [3.05, 3.63) is 28.3 Å². The Morgan fingerprint density at radius 1 is 1.38 bits per heavy atom. The van der Waals surface area contributed by atoms with Crippen molar-refractivity contribution in [3.63, 3.8) is 0 Å². The van der Waals surface area contributed by atoms with Crippen molar-refractivity contribution >= 4 is 21.4 Å². The standard InChI is InChI=1S/C13H21N3O4S/c1-3-4-5-6-10(2)15-21(19,20)13-9-11(16(17)18)7-8-12(13)14/h7-10,15H,3-6,14H2,1-2H3. The molecule has 0 spiro atoms. The third-order valence-electron chi connectivity index (χ3n) is 3.09. The molecule has 3 N–H and O–H groups in total. The molecule has 1 unspecified atom stereocenters. The third kappa shape index (κ3) is 4.98. The number of nitrogens with zero attached hydrogens (tertiary/aromatic N) is 1. The van der Waals surface area contributed by atoms with Crippen LogP contribution in [-0.2, 0) is 10.0 Å². The molecule has 1 aromatic carbocycles. The Hall–Kier alpha value is -1.67. The molecular formula is C13H21N3O4S. The van der Waals surface area contributed by atoms with Gasteiger partial charge in [-0.15, -0.1) is 0 Å². The summed E-state index contributed by atoms with van der Waals surface area (Å²) in [6, 6.07) is 3.14. The highest BCUT2D eigenvalue weighted by molar-refractivity contribution is 7.89. The highest BCUT2D eigenvalue weighted by Gasteiger charge is 2.22. The average Bonchev–Trinajstić information content (AvgIpc) is 2.38. The summed E-state index contributed by atoms with van der Waals surface area (Å²) >= 11 is 0. The van der Waals surface area contributed by atoms with Crippen LogP contribution in [0.2, 0.25) is 0 Å². The van der Waals surface area contributed by atoms with Gasteiger partial charge in [-0.05, 0) is 19.4 Å². The van der Waals surface area contributed by atoms with E-state index in [0.29, 0.717) is 6.42 Å². The molecular weight excluding hydrogens is 294 g/mol. The van der Waals surface area contributed by atoms with Gasteiger partial charge in [0.2, 0.25) is 10.0 Å². The molecule has 0 amide bonds. The van der Waals surface area contributed by atoms with Crippen molar-refractivity contribution in [2.45, 2.75) is 50.5 Å². The fourth-order valence-electron chi connectivity index (χ4n) is 1.96. The fourth-order valence-corrected chi connectivity index (χ4v) is 3.39. The number of hydrogen-bond acceptors (Lipinski definition) is 5. The van der Waals surface area contributed by atoms with E-state index in [4.69, 9.17) is 5.73 Å². The second kappa shape index (κ2) is 7.37. The first kappa shape index (κ1) is 17.4. The highest BCUT2D eigenvalue weighted by atomic mass is 32.2. The van der Waals surface area contributed by atoms with Gasteiger partial charge in [-0.2, -0.15) is 0 Å². The van der Waals surface area contributed by atoms with Crippen molar-refractivity contribution in [3.8, 4) is 0 Å². The van der Waals surface area contributed by atoms with E-state index >= 15 is 0 Å². The van der Waals surface area contributed by atoms with Crippen LogP contribution in [0, 0.1) is 10.1 Å². The van der Waals surface area contributed by atoms with E-state index in [2.05, 4.69) is 11.6 Å².